The fraction of sp³-hybridized carbons (Fsp3) is 0.275. The van der Waals surface area contributed by atoms with Crippen molar-refractivity contribution in [2.45, 2.75) is 56.9 Å². The number of rotatable bonds is 15. The molecule has 0 radical (unpaired) electrons. The summed E-state index contributed by atoms with van der Waals surface area (Å²) in [7, 11) is 0. The van der Waals surface area contributed by atoms with Crippen molar-refractivity contribution < 1.29 is 52.4 Å². The zero-order valence-corrected chi connectivity index (χ0v) is 28.0. The molecule has 5 atom stereocenters. The molecule has 1 saturated heterocycles. The molecule has 11 heteroatoms. The van der Waals surface area contributed by atoms with Crippen LogP contribution in [0.5, 0.6) is 0 Å². The molecule has 0 aromatic heterocycles. The van der Waals surface area contributed by atoms with Crippen LogP contribution < -0.4 is 0 Å². The van der Waals surface area contributed by atoms with E-state index in [4.69, 9.17) is 28.4 Å². The molecule has 264 valence electrons. The Kier molecular flexibility index (Phi) is 13.2. The SMILES string of the molecule is CC(=O)CCCCO[C@@H]1OC(COC(=O)c2ccccc2)[C@H](OC(=O)c2ccccc2)[C@H](OC(=O)c2ccccc2)C1OC(=O)c1ccccc1. The molecule has 2 unspecified atom stereocenters. The van der Waals surface area contributed by atoms with Gasteiger partial charge < -0.3 is 33.2 Å². The van der Waals surface area contributed by atoms with E-state index in [-0.39, 0.29) is 34.6 Å². The minimum Gasteiger partial charge on any atom is -0.459 e. The molecule has 1 heterocycles. The van der Waals surface area contributed by atoms with Crippen LogP contribution in [0.4, 0.5) is 0 Å². The fourth-order valence-corrected chi connectivity index (χ4v) is 5.34. The van der Waals surface area contributed by atoms with E-state index in [1.807, 2.05) is 0 Å². The van der Waals surface area contributed by atoms with Crippen LogP contribution in [0, 0.1) is 0 Å². The molecule has 1 fully saturated rings. The van der Waals surface area contributed by atoms with E-state index in [1.165, 1.54) is 6.92 Å². The van der Waals surface area contributed by atoms with Crippen molar-refractivity contribution >= 4 is 29.7 Å². The summed E-state index contributed by atoms with van der Waals surface area (Å²) in [5.41, 5.74) is 0.833. The Morgan fingerprint density at radius 3 is 1.39 bits per heavy atom. The van der Waals surface area contributed by atoms with Crippen molar-refractivity contribution in [1.29, 1.82) is 0 Å². The van der Waals surface area contributed by atoms with Crippen LogP contribution >= 0.6 is 0 Å². The molecule has 4 aromatic carbocycles. The van der Waals surface area contributed by atoms with Gasteiger partial charge in [-0.3, -0.25) is 0 Å². The van der Waals surface area contributed by atoms with Crippen LogP contribution in [0.25, 0.3) is 0 Å². The lowest BCUT2D eigenvalue weighted by Crippen LogP contribution is -2.63. The van der Waals surface area contributed by atoms with Gasteiger partial charge in [0.1, 0.15) is 18.5 Å². The molecule has 1 aliphatic heterocycles. The number of unbranched alkanes of at least 4 members (excludes halogenated alkanes) is 1. The zero-order chi connectivity index (χ0) is 36.0. The van der Waals surface area contributed by atoms with E-state index in [1.54, 1.807) is 121 Å². The van der Waals surface area contributed by atoms with E-state index < -0.39 is 61.2 Å². The minimum atomic E-state index is -1.51. The Labute approximate surface area is 295 Å². The summed E-state index contributed by atoms with van der Waals surface area (Å²) >= 11 is 0. The Morgan fingerprint density at radius 2 is 0.941 bits per heavy atom. The molecule has 0 aliphatic carbocycles. The quantitative estimate of drug-likeness (QED) is 0.0820. The molecule has 5 rings (SSSR count). The number of carbonyl (C=O) groups excluding carboxylic acids is 5. The smallest absolute Gasteiger partial charge is 0.338 e. The van der Waals surface area contributed by atoms with E-state index >= 15 is 0 Å². The molecule has 51 heavy (non-hydrogen) atoms. The van der Waals surface area contributed by atoms with Crippen LogP contribution in [0.3, 0.4) is 0 Å². The highest BCUT2D eigenvalue weighted by molar-refractivity contribution is 5.91. The average Bonchev–Trinajstić information content (AvgIpc) is 3.16. The maximum absolute atomic E-state index is 13.6. The van der Waals surface area contributed by atoms with Crippen LogP contribution in [0.2, 0.25) is 0 Å². The van der Waals surface area contributed by atoms with Gasteiger partial charge in [-0.2, -0.15) is 0 Å². The number of benzene rings is 4. The lowest BCUT2D eigenvalue weighted by molar-refractivity contribution is -0.298. The lowest BCUT2D eigenvalue weighted by atomic mass is 9.97. The summed E-state index contributed by atoms with van der Waals surface area (Å²) in [6.07, 6.45) is -5.74. The topological polar surface area (TPSA) is 141 Å². The highest BCUT2D eigenvalue weighted by Crippen LogP contribution is 2.32. The van der Waals surface area contributed by atoms with Crippen molar-refractivity contribution in [2.75, 3.05) is 13.2 Å². The molecule has 0 N–H and O–H groups in total. The van der Waals surface area contributed by atoms with E-state index in [9.17, 15) is 24.0 Å². The number of hydrogen-bond acceptors (Lipinski definition) is 11. The number of esters is 4. The van der Waals surface area contributed by atoms with Gasteiger partial charge in [0.2, 0.25) is 0 Å². The fourth-order valence-electron chi connectivity index (χ4n) is 5.34. The first-order valence-corrected chi connectivity index (χ1v) is 16.6. The van der Waals surface area contributed by atoms with Gasteiger partial charge >= 0.3 is 23.9 Å². The molecular weight excluding hydrogens is 656 g/mol. The second kappa shape index (κ2) is 18.4. The van der Waals surface area contributed by atoms with E-state index in [0.717, 1.165) is 0 Å². The maximum atomic E-state index is 13.6. The summed E-state index contributed by atoms with van der Waals surface area (Å²) < 4.78 is 36.1. The van der Waals surface area contributed by atoms with Crippen LogP contribution in [-0.2, 0) is 33.2 Å². The summed E-state index contributed by atoms with van der Waals surface area (Å²) in [4.78, 5) is 65.3. The highest BCUT2D eigenvalue weighted by atomic mass is 16.7. The number of Topliss-reactive ketones (excluding diaryl/α,β-unsaturated/α-hetero) is 1. The number of ether oxygens (including phenoxy) is 6. The van der Waals surface area contributed by atoms with Gasteiger partial charge in [0.25, 0.3) is 0 Å². The van der Waals surface area contributed by atoms with Crippen molar-refractivity contribution in [3.8, 4) is 0 Å². The molecule has 0 bridgehead atoms. The average molecular weight is 695 g/mol. The van der Waals surface area contributed by atoms with Gasteiger partial charge in [0.05, 0.1) is 22.3 Å². The third-order valence-corrected chi connectivity index (χ3v) is 7.94. The van der Waals surface area contributed by atoms with Crippen molar-refractivity contribution in [3.63, 3.8) is 0 Å². The van der Waals surface area contributed by atoms with Gasteiger partial charge in [-0.15, -0.1) is 0 Å². The Morgan fingerprint density at radius 1 is 0.529 bits per heavy atom. The van der Waals surface area contributed by atoms with Crippen LogP contribution in [0.1, 0.15) is 67.6 Å². The molecule has 11 nitrogen and oxygen atoms in total. The summed E-state index contributed by atoms with van der Waals surface area (Å²) in [6, 6.07) is 32.7. The third-order valence-electron chi connectivity index (χ3n) is 7.94. The van der Waals surface area contributed by atoms with Gasteiger partial charge in [0.15, 0.2) is 24.6 Å². The first kappa shape index (κ1) is 36.6. The van der Waals surface area contributed by atoms with Gasteiger partial charge in [0, 0.05) is 13.0 Å². The van der Waals surface area contributed by atoms with Gasteiger partial charge in [-0.05, 0) is 68.3 Å². The number of hydrogen-bond donors (Lipinski definition) is 0. The van der Waals surface area contributed by atoms with Crippen molar-refractivity contribution in [1.82, 2.24) is 0 Å². The first-order chi connectivity index (χ1) is 24.8. The third kappa shape index (κ3) is 10.4. The van der Waals surface area contributed by atoms with Gasteiger partial charge in [-0.25, -0.2) is 19.2 Å². The van der Waals surface area contributed by atoms with Crippen LogP contribution in [0.15, 0.2) is 121 Å². The lowest BCUT2D eigenvalue weighted by Gasteiger charge is -2.44. The van der Waals surface area contributed by atoms with Crippen molar-refractivity contribution in [2.24, 2.45) is 0 Å². The molecular formula is C40H38O11. The molecule has 0 spiro atoms. The van der Waals surface area contributed by atoms with Crippen molar-refractivity contribution in [3.05, 3.63) is 144 Å². The number of carbonyl (C=O) groups is 5. The van der Waals surface area contributed by atoms with Gasteiger partial charge in [-0.1, -0.05) is 72.8 Å². The Bertz CT molecular complexity index is 1750. The Balaban J connectivity index is 1.52. The van der Waals surface area contributed by atoms with Crippen LogP contribution in [-0.4, -0.2) is 73.6 Å². The minimum absolute atomic E-state index is 0.0230. The monoisotopic (exact) mass is 694 g/mol. The predicted molar refractivity (Wildman–Crippen MR) is 183 cm³/mol. The molecule has 0 amide bonds. The summed E-state index contributed by atoms with van der Waals surface area (Å²) in [6.45, 7) is 1.11. The Hall–Kier alpha value is -5.65. The second-order valence-corrected chi connectivity index (χ2v) is 11.7. The summed E-state index contributed by atoms with van der Waals surface area (Å²) in [5, 5.41) is 0. The molecule has 1 aliphatic rings. The highest BCUT2D eigenvalue weighted by Gasteiger charge is 2.53. The predicted octanol–water partition coefficient (Wildman–Crippen LogP) is 6.02. The standard InChI is InChI=1S/C40H38O11/c1-27(41)16-14-15-25-46-40-35(51-39(45)31-23-12-5-13-24-31)34(50-38(44)30-21-10-4-11-22-30)33(49-37(43)29-19-8-3-9-20-29)32(48-40)26-47-36(42)28-17-6-2-7-18-28/h2-13,17-24,32-35,40H,14-16,25-26H2,1H3/t32?,33-,34-,35?,40+/m0/s1. The van der Waals surface area contributed by atoms with E-state index in [0.29, 0.717) is 19.3 Å². The molecule has 4 aromatic rings. The van der Waals surface area contributed by atoms with E-state index in [2.05, 4.69) is 0 Å². The normalized spacial score (nSPS) is 19.7. The first-order valence-electron chi connectivity index (χ1n) is 16.6. The molecule has 0 saturated carbocycles. The number of ketones is 1. The largest absolute Gasteiger partial charge is 0.459 e. The zero-order valence-electron chi connectivity index (χ0n) is 28.0. The maximum Gasteiger partial charge on any atom is 0.338 e. The second-order valence-electron chi connectivity index (χ2n) is 11.7. The summed E-state index contributed by atoms with van der Waals surface area (Å²) in [5.74, 6) is -3.03.